The van der Waals surface area contributed by atoms with Gasteiger partial charge in [0.25, 0.3) is 0 Å². The molecule has 0 unspecified atom stereocenters. The van der Waals surface area contributed by atoms with Crippen LogP contribution < -0.4 is 5.32 Å². The minimum Gasteiger partial charge on any atom is -0.506 e. The van der Waals surface area contributed by atoms with Crippen LogP contribution in [0.25, 0.3) is 22.2 Å². The number of rotatable bonds is 7. The number of methoxy groups -OCH3 is 1. The van der Waals surface area contributed by atoms with Crippen molar-refractivity contribution < 1.29 is 23.8 Å². The molecule has 33 heavy (non-hydrogen) atoms. The van der Waals surface area contributed by atoms with Gasteiger partial charge in [-0.1, -0.05) is 23.7 Å². The van der Waals surface area contributed by atoms with Gasteiger partial charge in [0.2, 0.25) is 0 Å². The molecule has 4 rings (SSSR count). The molecule has 0 aliphatic rings. The fourth-order valence-corrected chi connectivity index (χ4v) is 3.46. The smallest absolute Gasteiger partial charge is 0.331 e. The second-order valence-electron chi connectivity index (χ2n) is 7.05. The van der Waals surface area contributed by atoms with Gasteiger partial charge in [0.15, 0.2) is 5.82 Å². The van der Waals surface area contributed by atoms with Crippen molar-refractivity contribution in [2.75, 3.05) is 19.0 Å². The number of pyridine rings is 2. The zero-order chi connectivity index (χ0) is 23.4. The summed E-state index contributed by atoms with van der Waals surface area (Å²) in [6, 6.07) is 13.3. The number of hydrogen-bond acceptors (Lipinski definition) is 7. The predicted octanol–water partition coefficient (Wildman–Crippen LogP) is 5.23. The quantitative estimate of drug-likeness (QED) is 0.359. The third-order valence-electron chi connectivity index (χ3n) is 4.95. The first-order valence-corrected chi connectivity index (χ1v) is 10.3. The first-order valence-electron chi connectivity index (χ1n) is 9.89. The fraction of sp³-hybridized carbons (Fsp3) is 0.125. The number of ether oxygens (including phenoxy) is 2. The monoisotopic (exact) mass is 467 g/mol. The minimum atomic E-state index is -0.653. The van der Waals surface area contributed by atoms with E-state index in [1.54, 1.807) is 48.8 Å². The Morgan fingerprint density at radius 3 is 2.79 bits per heavy atom. The number of nitrogens with zero attached hydrogens (tertiary/aromatic N) is 2. The minimum absolute atomic E-state index is 0.0401. The van der Waals surface area contributed by atoms with Crippen LogP contribution in [0.2, 0.25) is 5.02 Å². The van der Waals surface area contributed by atoms with Crippen molar-refractivity contribution in [2.24, 2.45) is 0 Å². The lowest BCUT2D eigenvalue weighted by molar-refractivity contribution is -0.146. The van der Waals surface area contributed by atoms with Crippen LogP contribution in [0.3, 0.4) is 0 Å². The number of nitrogens with one attached hydrogen (secondary N) is 1. The number of aromatic nitrogens is 2. The van der Waals surface area contributed by atoms with E-state index < -0.39 is 11.8 Å². The van der Waals surface area contributed by atoms with Crippen molar-refractivity contribution in [3.8, 4) is 17.0 Å². The zero-order valence-electron chi connectivity index (χ0n) is 17.5. The van der Waals surface area contributed by atoms with Crippen molar-refractivity contribution in [1.29, 1.82) is 0 Å². The van der Waals surface area contributed by atoms with Gasteiger partial charge in [-0.25, -0.2) is 9.18 Å². The Balaban J connectivity index is 1.73. The normalized spacial score (nSPS) is 10.9. The van der Waals surface area contributed by atoms with E-state index >= 15 is 0 Å². The van der Waals surface area contributed by atoms with Gasteiger partial charge in [0.1, 0.15) is 18.1 Å². The van der Waals surface area contributed by atoms with Gasteiger partial charge in [-0.05, 0) is 36.4 Å². The number of benzene rings is 2. The molecule has 0 atom stereocenters. The Labute approximate surface area is 193 Å². The predicted molar refractivity (Wildman–Crippen MR) is 123 cm³/mol. The summed E-state index contributed by atoms with van der Waals surface area (Å²) < 4.78 is 24.9. The second-order valence-corrected chi connectivity index (χ2v) is 7.46. The van der Waals surface area contributed by atoms with Gasteiger partial charge in [-0.2, -0.15) is 0 Å². The van der Waals surface area contributed by atoms with Crippen molar-refractivity contribution >= 4 is 39.8 Å². The van der Waals surface area contributed by atoms with Crippen molar-refractivity contribution in [3.05, 3.63) is 77.3 Å². The number of carbonyl (C=O) groups is 1. The van der Waals surface area contributed by atoms with Crippen LogP contribution in [-0.4, -0.2) is 34.8 Å². The fourth-order valence-electron chi connectivity index (χ4n) is 3.31. The highest BCUT2D eigenvalue weighted by Crippen LogP contribution is 2.35. The Morgan fingerprint density at radius 2 is 2.00 bits per heavy atom. The van der Waals surface area contributed by atoms with Gasteiger partial charge >= 0.3 is 5.97 Å². The molecule has 4 aromatic rings. The molecule has 0 radical (unpaired) electrons. The summed E-state index contributed by atoms with van der Waals surface area (Å²) in [5.41, 5.74) is 2.89. The van der Waals surface area contributed by atoms with Gasteiger partial charge in [0, 0.05) is 34.6 Å². The molecule has 168 valence electrons. The molecule has 0 saturated carbocycles. The highest BCUT2D eigenvalue weighted by atomic mass is 35.5. The maximum absolute atomic E-state index is 15.0. The third-order valence-corrected chi connectivity index (χ3v) is 5.24. The van der Waals surface area contributed by atoms with Crippen LogP contribution in [-0.2, 0) is 20.9 Å². The van der Waals surface area contributed by atoms with Crippen LogP contribution in [0.15, 0.2) is 60.9 Å². The molecule has 0 aliphatic heterocycles. The summed E-state index contributed by atoms with van der Waals surface area (Å²) in [5.74, 6) is -1.15. The van der Waals surface area contributed by atoms with Crippen LogP contribution in [0.5, 0.6) is 5.75 Å². The molecule has 0 aliphatic carbocycles. The van der Waals surface area contributed by atoms with E-state index in [9.17, 15) is 14.3 Å². The molecule has 0 amide bonds. The number of fused-ring (bicyclic) bond motifs is 1. The molecule has 2 aromatic carbocycles. The standard InChI is InChI=1S/C24H19ClFN3O4/c1-32-21(31)13-33-12-15-4-6-17(25)22(26)24(15)29-19-8-10-27-18-7-5-14(11-16(18)19)23-20(30)3-2-9-28-23/h2-11,30H,12-13H2,1H3,(H,27,29). The molecule has 0 bridgehead atoms. The van der Waals surface area contributed by atoms with Gasteiger partial charge in [0.05, 0.1) is 29.9 Å². The Bertz CT molecular complexity index is 1330. The highest BCUT2D eigenvalue weighted by Gasteiger charge is 2.16. The molecular formula is C24H19ClFN3O4. The molecule has 2 heterocycles. The molecular weight excluding hydrogens is 449 g/mol. The molecule has 7 nitrogen and oxygen atoms in total. The topological polar surface area (TPSA) is 93.6 Å². The van der Waals surface area contributed by atoms with Crippen LogP contribution in [0, 0.1) is 5.82 Å². The van der Waals surface area contributed by atoms with E-state index in [4.69, 9.17) is 16.3 Å². The first kappa shape index (κ1) is 22.4. The zero-order valence-corrected chi connectivity index (χ0v) is 18.3. The Kier molecular flexibility index (Phi) is 6.67. The number of halogens is 2. The number of aromatic hydroxyl groups is 1. The van der Waals surface area contributed by atoms with Crippen LogP contribution in [0.1, 0.15) is 5.56 Å². The number of esters is 1. The maximum Gasteiger partial charge on any atom is 0.331 e. The number of hydrogen-bond donors (Lipinski definition) is 2. The molecule has 0 fully saturated rings. The summed E-state index contributed by atoms with van der Waals surface area (Å²) in [6.07, 6.45) is 3.18. The van der Waals surface area contributed by atoms with E-state index in [-0.39, 0.29) is 29.7 Å². The van der Waals surface area contributed by atoms with Crippen molar-refractivity contribution in [2.45, 2.75) is 6.61 Å². The second kappa shape index (κ2) is 9.81. The molecule has 0 spiro atoms. The Hall–Kier alpha value is -3.75. The average Bonchev–Trinajstić information content (AvgIpc) is 2.83. The largest absolute Gasteiger partial charge is 0.506 e. The van der Waals surface area contributed by atoms with Crippen LogP contribution in [0.4, 0.5) is 15.8 Å². The molecule has 2 N–H and O–H groups in total. The van der Waals surface area contributed by atoms with Gasteiger partial charge < -0.3 is 19.9 Å². The van der Waals surface area contributed by atoms with Gasteiger partial charge in [-0.15, -0.1) is 0 Å². The summed E-state index contributed by atoms with van der Waals surface area (Å²) in [6.45, 7) is -0.309. The van der Waals surface area contributed by atoms with Gasteiger partial charge in [-0.3, -0.25) is 9.97 Å². The van der Waals surface area contributed by atoms with E-state index in [1.165, 1.54) is 13.2 Å². The van der Waals surface area contributed by atoms with Crippen molar-refractivity contribution in [1.82, 2.24) is 9.97 Å². The summed E-state index contributed by atoms with van der Waals surface area (Å²) in [4.78, 5) is 19.9. The van der Waals surface area contributed by atoms with E-state index in [0.29, 0.717) is 33.4 Å². The number of anilines is 2. The van der Waals surface area contributed by atoms with Crippen LogP contribution >= 0.6 is 11.6 Å². The first-order chi connectivity index (χ1) is 16.0. The van der Waals surface area contributed by atoms with Crippen molar-refractivity contribution in [3.63, 3.8) is 0 Å². The summed E-state index contributed by atoms with van der Waals surface area (Å²) >= 11 is 6.02. The maximum atomic E-state index is 15.0. The lowest BCUT2D eigenvalue weighted by Crippen LogP contribution is -2.11. The van der Waals surface area contributed by atoms with E-state index in [2.05, 4.69) is 20.0 Å². The Morgan fingerprint density at radius 1 is 1.15 bits per heavy atom. The SMILES string of the molecule is COC(=O)COCc1ccc(Cl)c(F)c1Nc1ccnc2ccc(-c3ncccc3O)cc12. The average molecular weight is 468 g/mol. The lowest BCUT2D eigenvalue weighted by atomic mass is 10.1. The molecule has 0 saturated heterocycles. The lowest BCUT2D eigenvalue weighted by Gasteiger charge is -2.16. The molecule has 2 aromatic heterocycles. The van der Waals surface area contributed by atoms with E-state index in [0.717, 1.165) is 0 Å². The molecule has 9 heteroatoms. The summed E-state index contributed by atoms with van der Waals surface area (Å²) in [7, 11) is 1.26. The van der Waals surface area contributed by atoms with E-state index in [1.807, 2.05) is 6.07 Å². The third kappa shape index (κ3) is 4.87. The number of carbonyl (C=O) groups excluding carboxylic acids is 1. The summed E-state index contributed by atoms with van der Waals surface area (Å²) in [5, 5.41) is 13.9. The highest BCUT2D eigenvalue weighted by molar-refractivity contribution is 6.31.